The van der Waals surface area contributed by atoms with Gasteiger partial charge in [-0.3, -0.25) is 0 Å². The second-order valence-electron chi connectivity index (χ2n) is 0.247. The minimum atomic E-state index is -3.67. The Labute approximate surface area is 54.7 Å². The monoisotopic (exact) mass is 180 g/mol. The second-order valence-corrected chi connectivity index (χ2v) is 0.247. The van der Waals surface area contributed by atoms with E-state index in [0.717, 1.165) is 0 Å². The average Bonchev–Trinajstić information content (AvgIpc) is 1.41. The van der Waals surface area contributed by atoms with Crippen molar-refractivity contribution in [2.45, 2.75) is 6.68 Å². The molecule has 1 nitrogen and oxygen atoms in total. The third-order valence-corrected chi connectivity index (χ3v) is 0. The van der Waals surface area contributed by atoms with Crippen molar-refractivity contribution >= 4 is 12.4 Å². The number of alkyl halides is 3. The van der Waals surface area contributed by atoms with Gasteiger partial charge in [-0.25, -0.2) is 4.78 Å². The number of hydrogen-bond acceptors (Lipinski definition) is 2. The molecule has 0 saturated heterocycles. The molecule has 0 aromatic carbocycles. The van der Waals surface area contributed by atoms with Crippen LogP contribution in [-0.2, 0) is 29.5 Å². The normalized spacial score (nSPS) is 5.71. The topological polar surface area (TPSA) is 23.9 Å². The van der Waals surface area contributed by atoms with Crippen LogP contribution in [0.4, 0.5) is 13.2 Å². The van der Waals surface area contributed by atoms with E-state index in [0.29, 0.717) is 0 Å². The summed E-state index contributed by atoms with van der Waals surface area (Å²) in [6, 6.07) is 0. The molecule has 0 aromatic rings. The summed E-state index contributed by atoms with van der Waals surface area (Å²) in [4.78, 5) is 0. The van der Waals surface area contributed by atoms with Crippen molar-refractivity contribution in [2.24, 2.45) is 0 Å². The molecule has 1 N–H and O–H groups in total. The second kappa shape index (κ2) is 16.2. The van der Waals surface area contributed by atoms with Crippen molar-refractivity contribution in [3.8, 4) is 0 Å². The van der Waals surface area contributed by atoms with E-state index in [4.69, 9.17) is 4.78 Å². The van der Waals surface area contributed by atoms with E-state index in [2.05, 4.69) is 12.4 Å². The van der Waals surface area contributed by atoms with Crippen molar-refractivity contribution in [1.29, 1.82) is 4.78 Å². The number of hydrogen-bond donors (Lipinski definition) is 1. The molecule has 6 heteroatoms. The Bertz CT molecular complexity index is 26.1. The van der Waals surface area contributed by atoms with Crippen LogP contribution in [0.25, 0.3) is 0 Å². The Kier molecular flexibility index (Phi) is 36.3. The van der Waals surface area contributed by atoms with E-state index in [1.165, 1.54) is 0 Å². The van der Waals surface area contributed by atoms with Gasteiger partial charge in [-0.05, 0) is 0 Å². The Hall–Kier alpha value is 0.329. The first-order valence-electron chi connectivity index (χ1n) is 0.859. The molecule has 1 radical (unpaired) electrons. The maximum Gasteiger partial charge on any atom is 0.379 e. The van der Waals surface area contributed by atoms with Gasteiger partial charge in [-0.15, -0.1) is 0 Å². The molecule has 0 aliphatic carbocycles. The Balaban J connectivity index is -0.0000000480. The van der Waals surface area contributed by atoms with Crippen LogP contribution in [0.3, 0.4) is 0 Å². The summed E-state index contributed by atoms with van der Waals surface area (Å²) in [6.45, 7) is -3.67. The van der Waals surface area contributed by atoms with Gasteiger partial charge >= 0.3 is 6.68 Å². The van der Waals surface area contributed by atoms with Gasteiger partial charge in [0, 0.05) is 29.5 Å². The Morgan fingerprint density at radius 2 is 1.14 bits per heavy atom. The fraction of sp³-hybridized carbons (Fsp3) is 1.00. The average molecular weight is 181 g/mol. The minimum absolute atomic E-state index is 0. The van der Waals surface area contributed by atoms with Gasteiger partial charge in [-0.2, -0.15) is 13.2 Å². The summed E-state index contributed by atoms with van der Waals surface area (Å²) in [7, 11) is 0. The van der Waals surface area contributed by atoms with Crippen LogP contribution in [0.15, 0.2) is 0 Å². The van der Waals surface area contributed by atoms with Gasteiger partial charge in [0.1, 0.15) is 0 Å². The minimum Gasteiger partial charge on any atom is -0.235 e. The smallest absolute Gasteiger partial charge is 0.235 e. The zero-order chi connectivity index (χ0) is 5.58. The summed E-state index contributed by atoms with van der Waals surface area (Å²) in [5.41, 5.74) is 0. The summed E-state index contributed by atoms with van der Waals surface area (Å²) >= 11 is 3.33. The fourth-order valence-electron chi connectivity index (χ4n) is 0. The predicted octanol–water partition coefficient (Wildman–Crippen LogP) is 1.47. The number of halogens is 3. The van der Waals surface area contributed by atoms with Gasteiger partial charge in [0.05, 0.1) is 0 Å². The molecular weight excluding hydrogens is 179 g/mol. The van der Waals surface area contributed by atoms with Crippen molar-refractivity contribution in [1.82, 2.24) is 0 Å². The molecule has 0 aliphatic heterocycles. The maximum absolute atomic E-state index is 9.67. The molecule has 0 atom stereocenters. The zero-order valence-electron chi connectivity index (χ0n) is 2.92. The maximum atomic E-state index is 9.67. The van der Waals surface area contributed by atoms with Gasteiger partial charge in [0.25, 0.3) is 0 Å². The SMILES string of the molecule is FC(F)F.N=S.[Cu]. The summed E-state index contributed by atoms with van der Waals surface area (Å²) in [5.74, 6) is 0. The first-order valence-corrected chi connectivity index (χ1v) is 1.27. The molecule has 0 aliphatic rings. The van der Waals surface area contributed by atoms with Gasteiger partial charge in [0.15, 0.2) is 0 Å². The first kappa shape index (κ1) is 15.7. The summed E-state index contributed by atoms with van der Waals surface area (Å²) < 4.78 is 34.3. The molecular formula is CH2CuF3NS. The van der Waals surface area contributed by atoms with E-state index in [-0.39, 0.29) is 17.1 Å². The molecule has 0 bridgehead atoms. The molecule has 0 rings (SSSR count). The van der Waals surface area contributed by atoms with Crippen molar-refractivity contribution in [3.05, 3.63) is 0 Å². The van der Waals surface area contributed by atoms with Crippen LogP contribution in [0, 0.1) is 4.78 Å². The first-order chi connectivity index (χ1) is 2.73. The van der Waals surface area contributed by atoms with E-state index < -0.39 is 6.68 Å². The van der Waals surface area contributed by atoms with Crippen molar-refractivity contribution in [2.75, 3.05) is 0 Å². The summed E-state index contributed by atoms with van der Waals surface area (Å²) in [5, 5.41) is 0. The van der Waals surface area contributed by atoms with Crippen LogP contribution in [-0.4, -0.2) is 6.68 Å². The van der Waals surface area contributed by atoms with Gasteiger partial charge < -0.3 is 0 Å². The third kappa shape index (κ3) is 1090. The third-order valence-electron chi connectivity index (χ3n) is 0. The molecule has 49 valence electrons. The number of nitrogens with one attached hydrogen (secondary N) is 1. The van der Waals surface area contributed by atoms with Crippen LogP contribution in [0.1, 0.15) is 0 Å². The summed E-state index contributed by atoms with van der Waals surface area (Å²) in [6.07, 6.45) is 0. The van der Waals surface area contributed by atoms with E-state index in [1.807, 2.05) is 0 Å². The van der Waals surface area contributed by atoms with E-state index in [9.17, 15) is 13.2 Å². The molecule has 0 fully saturated rings. The van der Waals surface area contributed by atoms with Crippen LogP contribution < -0.4 is 0 Å². The fourth-order valence-corrected chi connectivity index (χ4v) is 0. The van der Waals surface area contributed by atoms with E-state index >= 15 is 0 Å². The molecule has 0 saturated carbocycles. The van der Waals surface area contributed by atoms with Gasteiger partial charge in [0.2, 0.25) is 0 Å². The molecule has 0 amide bonds. The molecule has 0 heterocycles. The Morgan fingerprint density at radius 3 is 1.14 bits per heavy atom. The van der Waals surface area contributed by atoms with Crippen LogP contribution in [0.5, 0.6) is 0 Å². The van der Waals surface area contributed by atoms with Crippen molar-refractivity contribution < 1.29 is 30.2 Å². The van der Waals surface area contributed by atoms with Crippen molar-refractivity contribution in [3.63, 3.8) is 0 Å². The molecule has 0 aromatic heterocycles. The van der Waals surface area contributed by atoms with E-state index in [1.54, 1.807) is 0 Å². The Morgan fingerprint density at radius 1 is 1.14 bits per heavy atom. The van der Waals surface area contributed by atoms with Gasteiger partial charge in [-0.1, -0.05) is 0 Å². The zero-order valence-corrected chi connectivity index (χ0v) is 4.68. The van der Waals surface area contributed by atoms with Crippen LogP contribution >= 0.6 is 0 Å². The molecule has 0 unspecified atom stereocenters. The molecule has 0 spiro atoms. The predicted molar refractivity (Wildman–Crippen MR) is 17.2 cm³/mol. The largest absolute Gasteiger partial charge is 0.379 e. The number of rotatable bonds is 0. The molecule has 7 heavy (non-hydrogen) atoms. The quantitative estimate of drug-likeness (QED) is 0.561. The standard InChI is InChI=1S/CHF3.Cu.HNS/c2-1(3)4;;1-2/h1H;;1H. The van der Waals surface area contributed by atoms with Crippen LogP contribution in [0.2, 0.25) is 0 Å².